The molecule has 0 aromatic heterocycles. The first-order valence-corrected chi connectivity index (χ1v) is 5.94. The van der Waals surface area contributed by atoms with Crippen LogP contribution in [0.25, 0.3) is 0 Å². The molecule has 1 saturated heterocycles. The molecule has 1 rings (SSSR count). The minimum absolute atomic E-state index is 0.543. The lowest BCUT2D eigenvalue weighted by atomic mass is 10.0. The normalized spacial score (nSPS) is 46.2. The first-order valence-electron chi connectivity index (χ1n) is 4.25. The molecule has 6 atom stereocenters. The van der Waals surface area contributed by atoms with E-state index >= 15 is 0 Å². The Morgan fingerprint density at radius 1 is 1.43 bits per heavy atom. The van der Waals surface area contributed by atoms with Crippen molar-refractivity contribution in [2.75, 3.05) is 6.61 Å². The molecule has 84 valence electrons. The monoisotopic (exact) mass is 225 g/mol. The van der Waals surface area contributed by atoms with Crippen LogP contribution in [0.1, 0.15) is 0 Å². The SMILES string of the molecule is C=[PH]1OC(C(O)CO)C(O)C(O)C1N. The fraction of sp³-hybridized carbons (Fsp3) is 0.857. The summed E-state index contributed by atoms with van der Waals surface area (Å²) in [5.74, 6) is -0.697. The summed E-state index contributed by atoms with van der Waals surface area (Å²) in [7, 11) is -1.71. The lowest BCUT2D eigenvalue weighted by molar-refractivity contribution is -0.112. The van der Waals surface area contributed by atoms with Crippen LogP contribution in [0.4, 0.5) is 0 Å². The molecule has 0 aliphatic carbocycles. The average molecular weight is 225 g/mol. The van der Waals surface area contributed by atoms with Crippen LogP contribution in [-0.4, -0.2) is 63.5 Å². The van der Waals surface area contributed by atoms with Gasteiger partial charge in [0.1, 0.15) is 24.4 Å². The van der Waals surface area contributed by atoms with Crippen LogP contribution in [0.5, 0.6) is 0 Å². The van der Waals surface area contributed by atoms with E-state index < -0.39 is 44.6 Å². The maximum absolute atomic E-state index is 9.49. The molecule has 0 aromatic carbocycles. The molecule has 6 N–H and O–H groups in total. The van der Waals surface area contributed by atoms with Gasteiger partial charge >= 0.3 is 0 Å². The highest BCUT2D eigenvalue weighted by Crippen LogP contribution is 2.38. The van der Waals surface area contributed by atoms with Crippen LogP contribution in [0, 0.1) is 0 Å². The lowest BCUT2D eigenvalue weighted by Gasteiger charge is -2.39. The van der Waals surface area contributed by atoms with E-state index in [9.17, 15) is 15.3 Å². The van der Waals surface area contributed by atoms with Gasteiger partial charge in [0.05, 0.1) is 12.4 Å². The molecule has 1 aliphatic rings. The van der Waals surface area contributed by atoms with E-state index in [-0.39, 0.29) is 0 Å². The van der Waals surface area contributed by atoms with Gasteiger partial charge in [-0.3, -0.25) is 0 Å². The summed E-state index contributed by atoms with van der Waals surface area (Å²) in [5, 5.41) is 36.9. The molecular formula is C7H16NO5P. The van der Waals surface area contributed by atoms with Gasteiger partial charge in [0.25, 0.3) is 0 Å². The molecule has 0 radical (unpaired) electrons. The zero-order chi connectivity index (χ0) is 10.9. The third-order valence-electron chi connectivity index (χ3n) is 2.28. The fourth-order valence-electron chi connectivity index (χ4n) is 1.33. The molecule has 1 heterocycles. The summed E-state index contributed by atoms with van der Waals surface area (Å²) in [6.07, 6.45) is -1.07. The molecule has 1 fully saturated rings. The number of aliphatic hydroxyl groups is 4. The van der Waals surface area contributed by atoms with Gasteiger partial charge in [0.2, 0.25) is 0 Å². The Balaban J connectivity index is 2.75. The predicted molar refractivity (Wildman–Crippen MR) is 53.4 cm³/mol. The molecular weight excluding hydrogens is 209 g/mol. The molecule has 0 saturated carbocycles. The van der Waals surface area contributed by atoms with Gasteiger partial charge in [0, 0.05) is 7.77 Å². The number of hydrogen-bond acceptors (Lipinski definition) is 6. The van der Waals surface area contributed by atoms with E-state index in [1.807, 2.05) is 0 Å². The molecule has 0 bridgehead atoms. The van der Waals surface area contributed by atoms with E-state index in [0.29, 0.717) is 0 Å². The van der Waals surface area contributed by atoms with Crippen molar-refractivity contribution in [3.8, 4) is 0 Å². The van der Waals surface area contributed by atoms with Crippen molar-refractivity contribution >= 4 is 14.1 Å². The van der Waals surface area contributed by atoms with Gasteiger partial charge in [-0.15, -0.1) is 0 Å². The van der Waals surface area contributed by atoms with Crippen molar-refractivity contribution in [3.63, 3.8) is 0 Å². The highest BCUT2D eigenvalue weighted by molar-refractivity contribution is 7.51. The van der Waals surface area contributed by atoms with Crippen LogP contribution >= 0.6 is 7.77 Å². The number of nitrogens with two attached hydrogens (primary N) is 1. The quantitative estimate of drug-likeness (QED) is 0.327. The predicted octanol–water partition coefficient (Wildman–Crippen LogP) is -2.69. The van der Waals surface area contributed by atoms with Crippen molar-refractivity contribution in [2.45, 2.75) is 30.2 Å². The third-order valence-corrected chi connectivity index (χ3v) is 3.94. The van der Waals surface area contributed by atoms with Gasteiger partial charge in [-0.05, 0) is 0 Å². The van der Waals surface area contributed by atoms with E-state index in [1.165, 1.54) is 0 Å². The Bertz CT molecular complexity index is 226. The second-order valence-electron chi connectivity index (χ2n) is 3.31. The molecule has 6 unspecified atom stereocenters. The lowest BCUT2D eigenvalue weighted by Crippen LogP contribution is -2.55. The van der Waals surface area contributed by atoms with Crippen LogP contribution in [0.15, 0.2) is 0 Å². The van der Waals surface area contributed by atoms with Gasteiger partial charge in [-0.1, -0.05) is 6.30 Å². The maximum Gasteiger partial charge on any atom is 0.118 e. The zero-order valence-corrected chi connectivity index (χ0v) is 8.58. The van der Waals surface area contributed by atoms with Crippen molar-refractivity contribution < 1.29 is 24.9 Å². The Morgan fingerprint density at radius 2 is 2.00 bits per heavy atom. The minimum atomic E-state index is -1.71. The van der Waals surface area contributed by atoms with Crippen LogP contribution in [-0.2, 0) is 4.52 Å². The van der Waals surface area contributed by atoms with Crippen LogP contribution < -0.4 is 5.73 Å². The number of aliphatic hydroxyl groups excluding tert-OH is 4. The van der Waals surface area contributed by atoms with E-state index in [4.69, 9.17) is 15.4 Å². The Hall–Kier alpha value is 0.0600. The van der Waals surface area contributed by atoms with Crippen molar-refractivity contribution in [1.29, 1.82) is 0 Å². The molecule has 0 aromatic rings. The summed E-state index contributed by atoms with van der Waals surface area (Å²) in [6, 6.07) is 0. The number of rotatable bonds is 2. The molecule has 6 nitrogen and oxygen atoms in total. The average Bonchev–Trinajstić information content (AvgIpc) is 2.19. The summed E-state index contributed by atoms with van der Waals surface area (Å²) in [4.78, 5) is 0. The first kappa shape index (κ1) is 12.1. The van der Waals surface area contributed by atoms with E-state index in [2.05, 4.69) is 6.30 Å². The van der Waals surface area contributed by atoms with Crippen molar-refractivity contribution in [2.24, 2.45) is 5.73 Å². The number of hydrogen-bond donors (Lipinski definition) is 5. The summed E-state index contributed by atoms with van der Waals surface area (Å²) in [5.41, 5.74) is 5.52. The second-order valence-corrected chi connectivity index (χ2v) is 5.14. The molecule has 14 heavy (non-hydrogen) atoms. The second kappa shape index (κ2) is 4.72. The highest BCUT2D eigenvalue weighted by Gasteiger charge is 2.41. The minimum Gasteiger partial charge on any atom is -0.394 e. The summed E-state index contributed by atoms with van der Waals surface area (Å²) >= 11 is 0. The van der Waals surface area contributed by atoms with Crippen molar-refractivity contribution in [1.82, 2.24) is 0 Å². The molecule has 1 aliphatic heterocycles. The molecule has 7 heteroatoms. The van der Waals surface area contributed by atoms with Crippen molar-refractivity contribution in [3.05, 3.63) is 0 Å². The van der Waals surface area contributed by atoms with Crippen LogP contribution in [0.2, 0.25) is 0 Å². The molecule has 0 amide bonds. The topological polar surface area (TPSA) is 116 Å². The summed E-state index contributed by atoms with van der Waals surface area (Å²) in [6.45, 7) is -0.543. The third kappa shape index (κ3) is 2.17. The standard InChI is InChI=1S/C7H16NO5P/c1-14-7(8)5(12)4(11)6(13-14)3(10)2-9/h3-7,9-12,14H,1-2,8H2. The fourth-order valence-corrected chi connectivity index (χ4v) is 2.71. The van der Waals surface area contributed by atoms with Crippen LogP contribution in [0.3, 0.4) is 0 Å². The largest absolute Gasteiger partial charge is 0.394 e. The van der Waals surface area contributed by atoms with Gasteiger partial charge in [-0.2, -0.15) is 0 Å². The smallest absolute Gasteiger partial charge is 0.118 e. The van der Waals surface area contributed by atoms with Gasteiger partial charge in [-0.25, -0.2) is 0 Å². The Kier molecular flexibility index (Phi) is 4.09. The van der Waals surface area contributed by atoms with E-state index in [1.54, 1.807) is 0 Å². The zero-order valence-electron chi connectivity index (χ0n) is 7.58. The summed E-state index contributed by atoms with van der Waals surface area (Å²) < 4.78 is 5.18. The molecule has 0 spiro atoms. The first-order chi connectivity index (χ1) is 6.49. The Labute approximate surface area is 82.4 Å². The Morgan fingerprint density at radius 3 is 2.50 bits per heavy atom. The van der Waals surface area contributed by atoms with Gasteiger partial charge in [0.15, 0.2) is 0 Å². The highest BCUT2D eigenvalue weighted by atomic mass is 31.1. The maximum atomic E-state index is 9.49. The van der Waals surface area contributed by atoms with E-state index in [0.717, 1.165) is 0 Å². The van der Waals surface area contributed by atoms with Gasteiger partial charge < -0.3 is 30.7 Å².